The van der Waals surface area contributed by atoms with E-state index in [1.54, 1.807) is 6.21 Å². The number of nitrogens with zero attached hydrogens (tertiary/aromatic N) is 2. The summed E-state index contributed by atoms with van der Waals surface area (Å²) in [5.41, 5.74) is 4.42. The highest BCUT2D eigenvalue weighted by Gasteiger charge is 2.29. The molecule has 0 bridgehead atoms. The van der Waals surface area contributed by atoms with Crippen molar-refractivity contribution >= 4 is 27.6 Å². The number of rotatable bonds is 5. The Bertz CT molecular complexity index is 651. The molecule has 1 aromatic carbocycles. The van der Waals surface area contributed by atoms with E-state index in [1.165, 1.54) is 0 Å². The van der Waals surface area contributed by atoms with E-state index in [1.807, 2.05) is 43.3 Å². The van der Waals surface area contributed by atoms with Gasteiger partial charge in [0, 0.05) is 26.2 Å². The van der Waals surface area contributed by atoms with Crippen LogP contribution in [0.4, 0.5) is 5.69 Å². The average Bonchev–Trinajstić information content (AvgIpc) is 2.78. The van der Waals surface area contributed by atoms with Crippen LogP contribution in [0.1, 0.15) is 18.4 Å². The monoisotopic (exact) mass is 323 g/mol. The van der Waals surface area contributed by atoms with Crippen LogP contribution >= 0.6 is 0 Å². The summed E-state index contributed by atoms with van der Waals surface area (Å²) in [6.45, 7) is 0. The highest BCUT2D eigenvalue weighted by molar-refractivity contribution is 7.91. The molecule has 1 N–H and O–H groups in total. The maximum atomic E-state index is 11.7. The summed E-state index contributed by atoms with van der Waals surface area (Å²) in [5, 5.41) is 3.91. The van der Waals surface area contributed by atoms with Gasteiger partial charge >= 0.3 is 0 Å². The smallest absolute Gasteiger partial charge is 0.240 e. The summed E-state index contributed by atoms with van der Waals surface area (Å²) in [6.07, 6.45) is 2.34. The lowest BCUT2D eigenvalue weighted by Crippen LogP contribution is -2.21. The number of sulfone groups is 1. The molecule has 0 spiro atoms. The first-order valence-electron chi connectivity index (χ1n) is 7.15. The maximum Gasteiger partial charge on any atom is 0.240 e. The summed E-state index contributed by atoms with van der Waals surface area (Å²) < 4.78 is 22.7. The second-order valence-electron chi connectivity index (χ2n) is 5.75. The lowest BCUT2D eigenvalue weighted by molar-refractivity contribution is -0.121. The first-order valence-corrected chi connectivity index (χ1v) is 8.97. The number of anilines is 1. The summed E-state index contributed by atoms with van der Waals surface area (Å²) in [6, 6.07) is 7.75. The highest BCUT2D eigenvalue weighted by Crippen LogP contribution is 2.21. The molecule has 0 aromatic heterocycles. The summed E-state index contributed by atoms with van der Waals surface area (Å²) >= 11 is 0. The minimum atomic E-state index is -2.94. The molecular weight excluding hydrogens is 302 g/mol. The molecule has 1 aliphatic heterocycles. The molecule has 1 atom stereocenters. The zero-order valence-electron chi connectivity index (χ0n) is 12.8. The lowest BCUT2D eigenvalue weighted by atomic mass is 10.1. The third-order valence-corrected chi connectivity index (χ3v) is 5.45. The fourth-order valence-electron chi connectivity index (χ4n) is 2.38. The minimum Gasteiger partial charge on any atom is -0.378 e. The molecular formula is C15H21N3O3S. The molecule has 1 aliphatic rings. The molecule has 0 radical (unpaired) electrons. The quantitative estimate of drug-likeness (QED) is 0.648. The van der Waals surface area contributed by atoms with Crippen LogP contribution < -0.4 is 10.3 Å². The summed E-state index contributed by atoms with van der Waals surface area (Å²) in [7, 11) is 0.991. The van der Waals surface area contributed by atoms with E-state index < -0.39 is 9.84 Å². The van der Waals surface area contributed by atoms with Gasteiger partial charge in [0.15, 0.2) is 9.84 Å². The van der Waals surface area contributed by atoms with Gasteiger partial charge in [0.25, 0.3) is 0 Å². The van der Waals surface area contributed by atoms with Crippen LogP contribution in [0.2, 0.25) is 0 Å². The first-order chi connectivity index (χ1) is 10.4. The van der Waals surface area contributed by atoms with E-state index in [9.17, 15) is 13.2 Å². The van der Waals surface area contributed by atoms with Crippen molar-refractivity contribution in [3.8, 4) is 0 Å². The Morgan fingerprint density at radius 3 is 2.59 bits per heavy atom. The van der Waals surface area contributed by atoms with E-state index >= 15 is 0 Å². The van der Waals surface area contributed by atoms with Crippen LogP contribution in [0.5, 0.6) is 0 Å². The van der Waals surface area contributed by atoms with E-state index in [0.717, 1.165) is 11.3 Å². The molecule has 0 saturated carbocycles. The predicted octanol–water partition coefficient (Wildman–Crippen LogP) is 1.03. The molecule has 7 heteroatoms. The number of benzene rings is 1. The fraction of sp³-hybridized carbons (Fsp3) is 0.467. The van der Waals surface area contributed by atoms with Crippen LogP contribution in [-0.4, -0.2) is 46.1 Å². The Hall–Kier alpha value is -1.89. The zero-order valence-corrected chi connectivity index (χ0v) is 13.6. The van der Waals surface area contributed by atoms with Crippen molar-refractivity contribution in [1.82, 2.24) is 5.43 Å². The van der Waals surface area contributed by atoms with Crippen molar-refractivity contribution in [2.24, 2.45) is 11.0 Å². The third-order valence-electron chi connectivity index (χ3n) is 3.61. The number of hydrogen-bond donors (Lipinski definition) is 1. The van der Waals surface area contributed by atoms with Crippen LogP contribution in [0.3, 0.4) is 0 Å². The van der Waals surface area contributed by atoms with E-state index in [2.05, 4.69) is 10.5 Å². The normalized spacial score (nSPS) is 20.2. The lowest BCUT2D eigenvalue weighted by Gasteiger charge is -2.11. The van der Waals surface area contributed by atoms with Gasteiger partial charge in [-0.3, -0.25) is 4.79 Å². The van der Waals surface area contributed by atoms with Gasteiger partial charge in [-0.05, 0) is 30.0 Å². The molecule has 1 aromatic rings. The van der Waals surface area contributed by atoms with Gasteiger partial charge in [-0.15, -0.1) is 0 Å². The molecule has 1 fully saturated rings. The SMILES string of the molecule is CN(C)c1ccc(/C=N\NC(=O)C[C@@H]2CCS(=O)(=O)C2)cc1. The van der Waals surface area contributed by atoms with Gasteiger partial charge in [-0.25, -0.2) is 13.8 Å². The molecule has 0 aliphatic carbocycles. The van der Waals surface area contributed by atoms with Gasteiger partial charge in [-0.2, -0.15) is 5.10 Å². The molecule has 0 unspecified atom stereocenters. The Kier molecular flexibility index (Phi) is 5.18. The molecule has 1 saturated heterocycles. The zero-order chi connectivity index (χ0) is 16.2. The minimum absolute atomic E-state index is 0.0837. The van der Waals surface area contributed by atoms with Crippen LogP contribution in [0.15, 0.2) is 29.4 Å². The van der Waals surface area contributed by atoms with Crippen LogP contribution in [0.25, 0.3) is 0 Å². The highest BCUT2D eigenvalue weighted by atomic mass is 32.2. The van der Waals surface area contributed by atoms with Crippen molar-refractivity contribution in [1.29, 1.82) is 0 Å². The number of hydrogen-bond acceptors (Lipinski definition) is 5. The average molecular weight is 323 g/mol. The topological polar surface area (TPSA) is 78.8 Å². The second-order valence-corrected chi connectivity index (χ2v) is 7.98. The van der Waals surface area contributed by atoms with Crippen LogP contribution in [-0.2, 0) is 14.6 Å². The van der Waals surface area contributed by atoms with Crippen LogP contribution in [0, 0.1) is 5.92 Å². The Labute approximate surface area is 131 Å². The summed E-state index contributed by atoms with van der Waals surface area (Å²) in [4.78, 5) is 13.7. The second kappa shape index (κ2) is 6.91. The molecule has 1 heterocycles. The van der Waals surface area contributed by atoms with Gasteiger partial charge < -0.3 is 4.90 Å². The number of nitrogens with one attached hydrogen (secondary N) is 1. The number of amides is 1. The standard InChI is InChI=1S/C15H21N3O3S/c1-18(2)14-5-3-12(4-6-14)10-16-17-15(19)9-13-7-8-22(20,21)11-13/h3-6,10,13H,7-9,11H2,1-2H3,(H,17,19)/b16-10-/t13-/m0/s1. The van der Waals surface area contributed by atoms with E-state index in [-0.39, 0.29) is 29.8 Å². The first kappa shape index (κ1) is 16.5. The van der Waals surface area contributed by atoms with Crippen molar-refractivity contribution < 1.29 is 13.2 Å². The molecule has 1 amide bonds. The van der Waals surface area contributed by atoms with E-state index in [4.69, 9.17) is 0 Å². The largest absolute Gasteiger partial charge is 0.378 e. The summed E-state index contributed by atoms with van der Waals surface area (Å²) in [5.74, 6) is -0.0365. The van der Waals surface area contributed by atoms with Gasteiger partial charge in [0.1, 0.15) is 0 Å². The Balaban J connectivity index is 1.80. The fourth-order valence-corrected chi connectivity index (χ4v) is 4.24. The Morgan fingerprint density at radius 1 is 1.36 bits per heavy atom. The van der Waals surface area contributed by atoms with Gasteiger partial charge in [0.2, 0.25) is 5.91 Å². The number of carbonyl (C=O) groups excluding carboxylic acids is 1. The molecule has 2 rings (SSSR count). The van der Waals surface area contributed by atoms with E-state index in [0.29, 0.717) is 6.42 Å². The van der Waals surface area contributed by atoms with Crippen molar-refractivity contribution in [3.05, 3.63) is 29.8 Å². The Morgan fingerprint density at radius 2 is 2.05 bits per heavy atom. The van der Waals surface area contributed by atoms with Crippen molar-refractivity contribution in [3.63, 3.8) is 0 Å². The number of carbonyl (C=O) groups is 1. The van der Waals surface area contributed by atoms with Crippen molar-refractivity contribution in [2.75, 3.05) is 30.5 Å². The number of hydrazone groups is 1. The maximum absolute atomic E-state index is 11.7. The van der Waals surface area contributed by atoms with Gasteiger partial charge in [-0.1, -0.05) is 12.1 Å². The third kappa shape index (κ3) is 4.84. The predicted molar refractivity (Wildman–Crippen MR) is 87.9 cm³/mol. The molecule has 6 nitrogen and oxygen atoms in total. The van der Waals surface area contributed by atoms with Crippen molar-refractivity contribution in [2.45, 2.75) is 12.8 Å². The van der Waals surface area contributed by atoms with Gasteiger partial charge in [0.05, 0.1) is 17.7 Å². The molecule has 22 heavy (non-hydrogen) atoms. The molecule has 120 valence electrons.